The first-order valence-electron chi connectivity index (χ1n) is 5.93. The molecule has 1 atom stereocenters. The molecule has 3 aromatic heterocycles. The smallest absolute Gasteiger partial charge is 0.160 e. The predicted octanol–water partition coefficient (Wildman–Crippen LogP) is 5.26. The van der Waals surface area contributed by atoms with Crippen LogP contribution in [0.1, 0.15) is 23.0 Å². The number of alkyl halides is 1. The van der Waals surface area contributed by atoms with Gasteiger partial charge in [0.25, 0.3) is 0 Å². The van der Waals surface area contributed by atoms with Gasteiger partial charge in [0.1, 0.15) is 11.3 Å². The van der Waals surface area contributed by atoms with Crippen molar-refractivity contribution in [3.8, 4) is 0 Å². The maximum Gasteiger partial charge on any atom is 0.160 e. The van der Waals surface area contributed by atoms with E-state index in [4.69, 9.17) is 23.2 Å². The molecule has 20 heavy (non-hydrogen) atoms. The first-order chi connectivity index (χ1) is 9.54. The van der Waals surface area contributed by atoms with Crippen LogP contribution in [0.2, 0.25) is 5.02 Å². The highest BCUT2D eigenvalue weighted by Gasteiger charge is 2.17. The van der Waals surface area contributed by atoms with E-state index in [2.05, 4.69) is 37.3 Å². The molecule has 0 N–H and O–H groups in total. The van der Waals surface area contributed by atoms with Crippen molar-refractivity contribution in [3.05, 3.63) is 43.9 Å². The van der Waals surface area contributed by atoms with Crippen molar-refractivity contribution in [2.45, 2.75) is 18.8 Å². The number of hydrogen-bond acceptors (Lipinski definition) is 3. The van der Waals surface area contributed by atoms with Gasteiger partial charge in [0.05, 0.1) is 16.9 Å². The Morgan fingerprint density at radius 3 is 2.90 bits per heavy atom. The Kier molecular flexibility index (Phi) is 4.04. The third-order valence-corrected chi connectivity index (χ3v) is 4.96. The van der Waals surface area contributed by atoms with Crippen molar-refractivity contribution in [2.75, 3.05) is 0 Å². The standard InChI is InChI=1S/C13H10BrCl2N3S/c1-7(15)12-18-11-3-9(16)4-17-13(11)19(12)5-10-2-8(14)6-20-10/h2-4,6-7H,5H2,1H3. The van der Waals surface area contributed by atoms with E-state index in [1.54, 1.807) is 17.5 Å². The average Bonchev–Trinajstić information content (AvgIpc) is 2.94. The molecule has 0 aliphatic rings. The SMILES string of the molecule is CC(Cl)c1nc2cc(Cl)cnc2n1Cc1cc(Br)cs1. The summed E-state index contributed by atoms with van der Waals surface area (Å²) >= 11 is 17.4. The molecule has 104 valence electrons. The van der Waals surface area contributed by atoms with Gasteiger partial charge in [0, 0.05) is 20.9 Å². The lowest BCUT2D eigenvalue weighted by atomic mass is 10.4. The zero-order valence-corrected chi connectivity index (χ0v) is 14.4. The number of halogens is 3. The summed E-state index contributed by atoms with van der Waals surface area (Å²) in [6.07, 6.45) is 1.63. The Balaban J connectivity index is 2.13. The summed E-state index contributed by atoms with van der Waals surface area (Å²) in [7, 11) is 0. The van der Waals surface area contributed by atoms with Gasteiger partial charge in [0.2, 0.25) is 0 Å². The van der Waals surface area contributed by atoms with Crippen LogP contribution in [0.15, 0.2) is 28.2 Å². The van der Waals surface area contributed by atoms with Crippen LogP contribution in [0.5, 0.6) is 0 Å². The number of fused-ring (bicyclic) bond motifs is 1. The van der Waals surface area contributed by atoms with Crippen molar-refractivity contribution in [2.24, 2.45) is 0 Å². The number of rotatable bonds is 3. The van der Waals surface area contributed by atoms with Crippen molar-refractivity contribution in [3.63, 3.8) is 0 Å². The number of aromatic nitrogens is 3. The van der Waals surface area contributed by atoms with Crippen LogP contribution in [0.25, 0.3) is 11.2 Å². The monoisotopic (exact) mass is 389 g/mol. The summed E-state index contributed by atoms with van der Waals surface area (Å²) in [5.41, 5.74) is 1.58. The van der Waals surface area contributed by atoms with Crippen LogP contribution in [-0.2, 0) is 6.54 Å². The molecule has 0 radical (unpaired) electrons. The van der Waals surface area contributed by atoms with E-state index < -0.39 is 0 Å². The lowest BCUT2D eigenvalue weighted by molar-refractivity contribution is 0.744. The third kappa shape index (κ3) is 2.72. The molecule has 0 bridgehead atoms. The number of imidazole rings is 1. The molecule has 0 amide bonds. The van der Waals surface area contributed by atoms with Gasteiger partial charge < -0.3 is 4.57 Å². The second-order valence-corrected chi connectivity index (χ2v) is 7.40. The molecule has 1 unspecified atom stereocenters. The lowest BCUT2D eigenvalue weighted by Gasteiger charge is -2.08. The lowest BCUT2D eigenvalue weighted by Crippen LogP contribution is -2.05. The summed E-state index contributed by atoms with van der Waals surface area (Å²) in [4.78, 5) is 10.2. The van der Waals surface area contributed by atoms with Crippen LogP contribution in [0.4, 0.5) is 0 Å². The van der Waals surface area contributed by atoms with Crippen molar-refractivity contribution in [1.82, 2.24) is 14.5 Å². The molecular weight excluding hydrogens is 381 g/mol. The highest BCUT2D eigenvalue weighted by molar-refractivity contribution is 9.10. The molecule has 0 spiro atoms. The maximum atomic E-state index is 6.24. The minimum absolute atomic E-state index is 0.189. The second kappa shape index (κ2) is 5.64. The molecule has 3 rings (SSSR count). The fraction of sp³-hybridized carbons (Fsp3) is 0.231. The minimum atomic E-state index is -0.189. The Labute approximate surface area is 138 Å². The first kappa shape index (κ1) is 14.3. The fourth-order valence-electron chi connectivity index (χ4n) is 2.06. The van der Waals surface area contributed by atoms with Crippen LogP contribution < -0.4 is 0 Å². The molecule has 0 fully saturated rings. The van der Waals surface area contributed by atoms with Gasteiger partial charge in [0.15, 0.2) is 5.65 Å². The zero-order valence-electron chi connectivity index (χ0n) is 10.5. The number of pyridine rings is 1. The molecule has 0 aromatic carbocycles. The number of hydrogen-bond donors (Lipinski definition) is 0. The minimum Gasteiger partial charge on any atom is -0.306 e. The molecule has 0 aliphatic heterocycles. The summed E-state index contributed by atoms with van der Waals surface area (Å²) in [6, 6.07) is 3.91. The number of thiophene rings is 1. The predicted molar refractivity (Wildman–Crippen MR) is 87.9 cm³/mol. The van der Waals surface area contributed by atoms with Crippen LogP contribution >= 0.6 is 50.5 Å². The highest BCUT2D eigenvalue weighted by Crippen LogP contribution is 2.28. The largest absolute Gasteiger partial charge is 0.306 e. The average molecular weight is 391 g/mol. The van der Waals surface area contributed by atoms with Gasteiger partial charge >= 0.3 is 0 Å². The quantitative estimate of drug-likeness (QED) is 0.571. The topological polar surface area (TPSA) is 30.7 Å². The molecule has 0 saturated carbocycles. The normalized spacial score (nSPS) is 13.0. The van der Waals surface area contributed by atoms with Crippen LogP contribution in [0.3, 0.4) is 0 Å². The van der Waals surface area contributed by atoms with Gasteiger partial charge in [-0.25, -0.2) is 9.97 Å². The summed E-state index contributed by atoms with van der Waals surface area (Å²) in [6.45, 7) is 2.61. The van der Waals surface area contributed by atoms with Gasteiger partial charge in [-0.2, -0.15) is 0 Å². The van der Waals surface area contributed by atoms with Gasteiger partial charge in [-0.1, -0.05) is 11.6 Å². The van der Waals surface area contributed by atoms with E-state index in [1.165, 1.54) is 4.88 Å². The van der Waals surface area contributed by atoms with E-state index in [9.17, 15) is 0 Å². The second-order valence-electron chi connectivity index (χ2n) is 4.40. The van der Waals surface area contributed by atoms with Crippen molar-refractivity contribution in [1.29, 1.82) is 0 Å². The Morgan fingerprint density at radius 1 is 1.45 bits per heavy atom. The Hall–Kier alpha value is -0.620. The molecule has 3 nitrogen and oxygen atoms in total. The van der Waals surface area contributed by atoms with Crippen molar-refractivity contribution < 1.29 is 0 Å². The Morgan fingerprint density at radius 2 is 2.25 bits per heavy atom. The zero-order chi connectivity index (χ0) is 14.3. The molecule has 3 aromatic rings. The maximum absolute atomic E-state index is 6.24. The van der Waals surface area contributed by atoms with E-state index >= 15 is 0 Å². The van der Waals surface area contributed by atoms with E-state index in [1.807, 2.05) is 17.6 Å². The van der Waals surface area contributed by atoms with Gasteiger partial charge in [-0.05, 0) is 35.0 Å². The third-order valence-electron chi connectivity index (χ3n) is 2.87. The molecule has 0 aliphatic carbocycles. The van der Waals surface area contributed by atoms with Crippen LogP contribution in [0, 0.1) is 0 Å². The van der Waals surface area contributed by atoms with Crippen LogP contribution in [-0.4, -0.2) is 14.5 Å². The molecule has 7 heteroatoms. The Bertz CT molecular complexity index is 766. The summed E-state index contributed by atoms with van der Waals surface area (Å²) in [5, 5.41) is 2.45. The van der Waals surface area contributed by atoms with E-state index in [0.29, 0.717) is 11.6 Å². The first-order valence-corrected chi connectivity index (χ1v) is 8.42. The van der Waals surface area contributed by atoms with Gasteiger partial charge in [-0.15, -0.1) is 22.9 Å². The van der Waals surface area contributed by atoms with E-state index in [0.717, 1.165) is 21.5 Å². The summed E-state index contributed by atoms with van der Waals surface area (Å²) in [5.74, 6) is 0.806. The van der Waals surface area contributed by atoms with Crippen molar-refractivity contribution >= 4 is 61.6 Å². The molecular formula is C13H10BrCl2N3S. The molecule has 3 heterocycles. The molecule has 0 saturated heterocycles. The van der Waals surface area contributed by atoms with Gasteiger partial charge in [-0.3, -0.25) is 0 Å². The summed E-state index contributed by atoms with van der Waals surface area (Å²) < 4.78 is 3.13. The number of nitrogens with zero attached hydrogens (tertiary/aromatic N) is 3. The highest BCUT2D eigenvalue weighted by atomic mass is 79.9. The van der Waals surface area contributed by atoms with E-state index in [-0.39, 0.29) is 5.38 Å². The fourth-order valence-corrected chi connectivity index (χ4v) is 3.81.